The molecule has 0 atom stereocenters. The number of aliphatic hydroxyl groups excluding tert-OH is 1. The third-order valence-electron chi connectivity index (χ3n) is 9.91. The van der Waals surface area contributed by atoms with Crippen LogP contribution < -0.4 is 0 Å². The molecule has 283 valence electrons. The summed E-state index contributed by atoms with van der Waals surface area (Å²) >= 11 is 0. The van der Waals surface area contributed by atoms with Crippen molar-refractivity contribution in [3.63, 3.8) is 0 Å². The summed E-state index contributed by atoms with van der Waals surface area (Å²) in [7, 11) is 0. The van der Waals surface area contributed by atoms with E-state index in [0.29, 0.717) is 0 Å². The van der Waals surface area contributed by atoms with Gasteiger partial charge < -0.3 is 13.9 Å². The quantitative estimate of drug-likeness (QED) is 0.0842. The molecule has 3 heterocycles. The molecule has 0 aliphatic heterocycles. The van der Waals surface area contributed by atoms with E-state index in [9.17, 15) is 9.90 Å². The summed E-state index contributed by atoms with van der Waals surface area (Å²) in [4.78, 5) is 16.5. The van der Waals surface area contributed by atoms with Crippen LogP contribution in [0, 0.1) is 23.3 Å². The Balaban J connectivity index is 0.000000335. The third kappa shape index (κ3) is 9.96. The van der Waals surface area contributed by atoms with Crippen molar-refractivity contribution < 1.29 is 38.8 Å². The summed E-state index contributed by atoms with van der Waals surface area (Å²) in [5, 5.41) is 14.2. The summed E-state index contributed by atoms with van der Waals surface area (Å²) in [6.45, 7) is 21.5. The Morgan fingerprint density at radius 2 is 1.51 bits per heavy atom. The van der Waals surface area contributed by atoms with E-state index in [1.807, 2.05) is 46.0 Å². The third-order valence-corrected chi connectivity index (χ3v) is 9.91. The predicted octanol–water partition coefficient (Wildman–Crippen LogP) is 13.6. The molecule has 0 saturated carbocycles. The van der Waals surface area contributed by atoms with Gasteiger partial charge in [-0.3, -0.25) is 9.78 Å². The number of aliphatic hydroxyl groups is 1. The van der Waals surface area contributed by atoms with Crippen molar-refractivity contribution in [2.75, 3.05) is 0 Å². The average Bonchev–Trinajstić information content (AvgIpc) is 3.71. The number of aromatic nitrogens is 1. The minimum atomic E-state index is -0.0163. The zero-order valence-corrected chi connectivity index (χ0v) is 35.5. The molecule has 0 fully saturated rings. The van der Waals surface area contributed by atoms with Crippen molar-refractivity contribution in [2.24, 2.45) is 17.3 Å². The van der Waals surface area contributed by atoms with Crippen LogP contribution in [0.25, 0.3) is 55.3 Å². The van der Waals surface area contributed by atoms with Crippen LogP contribution in [0.1, 0.15) is 106 Å². The summed E-state index contributed by atoms with van der Waals surface area (Å²) in [5.74, 6) is 2.38. The first-order chi connectivity index (χ1) is 24.6. The molecule has 6 rings (SSSR count). The predicted molar refractivity (Wildman–Crippen MR) is 217 cm³/mol. The number of allylic oxidation sites excluding steroid dienone is 2. The van der Waals surface area contributed by atoms with Gasteiger partial charge in [-0.15, -0.1) is 29.1 Å². The number of furan rings is 2. The van der Waals surface area contributed by atoms with Crippen molar-refractivity contribution in [2.45, 2.75) is 107 Å². The van der Waals surface area contributed by atoms with Crippen molar-refractivity contribution in [1.29, 1.82) is 0 Å². The largest absolute Gasteiger partial charge is 0.512 e. The van der Waals surface area contributed by atoms with E-state index in [0.717, 1.165) is 87.8 Å². The minimum Gasteiger partial charge on any atom is -0.512 e. The zero-order valence-electron chi connectivity index (χ0n) is 33.1. The summed E-state index contributed by atoms with van der Waals surface area (Å²) < 4.78 is 12.6. The number of rotatable bonds is 10. The maximum Gasteiger partial charge on any atom is 0.162 e. The SMILES string of the molecule is CC(C)(C)Cc1cc2cc(-c3cc4ccnc(-c5[c-]c6ccccc6c(C(C)(C)C)c5)c4o3)ccc2o1.CCC(CC)C(=O)/C=C(\O)C(CC)CC.[Ir]. The van der Waals surface area contributed by atoms with Crippen LogP contribution in [0.15, 0.2) is 93.6 Å². The van der Waals surface area contributed by atoms with Gasteiger partial charge >= 0.3 is 0 Å². The number of carbonyl (C=O) groups excluding carboxylic acids is 1. The van der Waals surface area contributed by atoms with E-state index in [1.165, 1.54) is 17.0 Å². The molecule has 0 bridgehead atoms. The maximum atomic E-state index is 11.7. The molecule has 0 spiro atoms. The molecule has 3 aromatic heterocycles. The van der Waals surface area contributed by atoms with Crippen LogP contribution >= 0.6 is 0 Å². The molecule has 0 saturated heterocycles. The molecule has 6 aromatic rings. The minimum absolute atomic E-state index is 0. The normalized spacial score (nSPS) is 12.4. The molecule has 1 N–H and O–H groups in total. The van der Waals surface area contributed by atoms with E-state index < -0.39 is 0 Å². The molecule has 0 aliphatic rings. The van der Waals surface area contributed by atoms with Gasteiger partial charge in [-0.1, -0.05) is 98.4 Å². The van der Waals surface area contributed by atoms with Gasteiger partial charge in [-0.05, 0) is 72.9 Å². The first-order valence-electron chi connectivity index (χ1n) is 19.0. The van der Waals surface area contributed by atoms with E-state index in [4.69, 9.17) is 13.8 Å². The zero-order chi connectivity index (χ0) is 37.8. The van der Waals surface area contributed by atoms with Gasteiger partial charge in [-0.25, -0.2) is 0 Å². The molecule has 0 unspecified atom stereocenters. The molecule has 3 aromatic carbocycles. The van der Waals surface area contributed by atoms with E-state index in [1.54, 1.807) is 0 Å². The Morgan fingerprint density at radius 3 is 2.15 bits per heavy atom. The van der Waals surface area contributed by atoms with E-state index >= 15 is 0 Å². The van der Waals surface area contributed by atoms with Gasteiger partial charge in [-0.2, -0.15) is 0 Å². The molecule has 0 amide bonds. The molecule has 1 radical (unpaired) electrons. The van der Waals surface area contributed by atoms with Crippen LogP contribution in [-0.4, -0.2) is 15.9 Å². The van der Waals surface area contributed by atoms with Crippen LogP contribution in [0.5, 0.6) is 0 Å². The average molecular weight is 891 g/mol. The Morgan fingerprint density at radius 1 is 0.830 bits per heavy atom. The second kappa shape index (κ2) is 17.4. The van der Waals surface area contributed by atoms with Gasteiger partial charge in [0.2, 0.25) is 0 Å². The van der Waals surface area contributed by atoms with Crippen LogP contribution in [0.4, 0.5) is 0 Å². The number of benzene rings is 3. The van der Waals surface area contributed by atoms with Crippen molar-refractivity contribution >= 4 is 38.5 Å². The van der Waals surface area contributed by atoms with Crippen LogP contribution in [-0.2, 0) is 36.7 Å². The topological polar surface area (TPSA) is 76.5 Å². The summed E-state index contributed by atoms with van der Waals surface area (Å²) in [6, 6.07) is 26.8. The van der Waals surface area contributed by atoms with Crippen molar-refractivity contribution in [3.05, 3.63) is 102 Å². The fourth-order valence-corrected chi connectivity index (χ4v) is 6.92. The Hall–Kier alpha value is -3.99. The van der Waals surface area contributed by atoms with Gasteiger partial charge in [0.15, 0.2) is 5.78 Å². The molecule has 0 aliphatic carbocycles. The standard InChI is InChI=1S/C34H32NO2.C13H24O2.Ir/c1-33(2,3)20-26-17-24-16-22(11-12-29(24)36-26)30-19-23-13-14-35-31(32(23)37-30)25-15-21-9-7-8-10-27(21)28(18-25)34(4,5)6;1-5-10(6-2)12(14)9-13(15)11(7-3)8-4;/h7-14,16-19H,20H2,1-6H3;9-11,14H,5-8H2,1-4H3;/q-1;;/b;12-9-;. The molecule has 5 nitrogen and oxygen atoms in total. The monoisotopic (exact) mass is 891 g/mol. The molecular formula is C47H56IrNO4-. The summed E-state index contributed by atoms with van der Waals surface area (Å²) in [5.41, 5.74) is 5.91. The number of ketones is 1. The van der Waals surface area contributed by atoms with E-state index in [2.05, 4.69) is 102 Å². The second-order valence-electron chi connectivity index (χ2n) is 16.3. The second-order valence-corrected chi connectivity index (χ2v) is 16.3. The molecule has 6 heteroatoms. The first kappa shape index (κ1) is 41.8. The molecular weight excluding hydrogens is 835 g/mol. The van der Waals surface area contributed by atoms with Crippen molar-refractivity contribution in [1.82, 2.24) is 4.98 Å². The maximum absolute atomic E-state index is 11.7. The van der Waals surface area contributed by atoms with Crippen molar-refractivity contribution in [3.8, 4) is 22.6 Å². The number of fused-ring (bicyclic) bond motifs is 3. The number of hydrogen-bond acceptors (Lipinski definition) is 5. The number of carbonyl (C=O) groups is 1. The summed E-state index contributed by atoms with van der Waals surface area (Å²) in [6.07, 6.45) is 7.66. The Bertz CT molecular complexity index is 2180. The Labute approximate surface area is 329 Å². The van der Waals surface area contributed by atoms with E-state index in [-0.39, 0.29) is 54.3 Å². The smallest absolute Gasteiger partial charge is 0.162 e. The number of pyridine rings is 1. The van der Waals surface area contributed by atoms with Gasteiger partial charge in [0, 0.05) is 72.7 Å². The fourth-order valence-electron chi connectivity index (χ4n) is 6.92. The Kier molecular flexibility index (Phi) is 13.7. The van der Waals surface area contributed by atoms with Gasteiger partial charge in [0.05, 0.1) is 5.76 Å². The van der Waals surface area contributed by atoms with Gasteiger partial charge in [0.25, 0.3) is 0 Å². The van der Waals surface area contributed by atoms with Crippen LogP contribution in [0.3, 0.4) is 0 Å². The number of nitrogens with zero attached hydrogens (tertiary/aromatic N) is 1. The fraction of sp³-hybridized carbons (Fsp3) is 0.404. The number of hydrogen-bond donors (Lipinski definition) is 1. The first-order valence-corrected chi connectivity index (χ1v) is 19.0. The van der Waals surface area contributed by atoms with Crippen LogP contribution in [0.2, 0.25) is 0 Å². The molecule has 53 heavy (non-hydrogen) atoms. The van der Waals surface area contributed by atoms with Gasteiger partial charge in [0.1, 0.15) is 22.7 Å².